The summed E-state index contributed by atoms with van der Waals surface area (Å²) in [7, 11) is 5.12. The number of likely N-dealkylation sites (tertiary alicyclic amines) is 1. The van der Waals surface area contributed by atoms with Crippen molar-refractivity contribution < 1.29 is 14.2 Å². The molecule has 2 heterocycles. The number of nitrogens with one attached hydrogen (secondary N) is 1. The number of hydrogen-bond donors (Lipinski definition) is 1. The molecule has 0 aliphatic carbocycles. The zero-order chi connectivity index (χ0) is 17.2. The van der Waals surface area contributed by atoms with Crippen molar-refractivity contribution in [1.29, 1.82) is 0 Å². The Bertz CT molecular complexity index is 513. The van der Waals surface area contributed by atoms with Gasteiger partial charge in [-0.2, -0.15) is 0 Å². The van der Waals surface area contributed by atoms with Crippen molar-refractivity contribution in [3.8, 4) is 5.88 Å². The summed E-state index contributed by atoms with van der Waals surface area (Å²) < 4.78 is 15.7. The van der Waals surface area contributed by atoms with E-state index in [0.717, 1.165) is 37.6 Å². The number of aromatic nitrogens is 1. The third-order valence-corrected chi connectivity index (χ3v) is 4.04. The average molecular weight is 464 g/mol. The number of nitrogens with zero attached hydrogens (tertiary/aromatic N) is 3. The van der Waals surface area contributed by atoms with Gasteiger partial charge >= 0.3 is 0 Å². The van der Waals surface area contributed by atoms with Crippen LogP contribution in [0.25, 0.3) is 0 Å². The lowest BCUT2D eigenvalue weighted by molar-refractivity contribution is 0.0536. The molecule has 7 nitrogen and oxygen atoms in total. The normalized spacial score (nSPS) is 17.3. The van der Waals surface area contributed by atoms with E-state index in [-0.39, 0.29) is 24.0 Å². The molecule has 0 aromatic carbocycles. The largest absolute Gasteiger partial charge is 0.481 e. The predicted octanol–water partition coefficient (Wildman–Crippen LogP) is 1.77. The molecule has 0 spiro atoms. The summed E-state index contributed by atoms with van der Waals surface area (Å²) in [6.07, 6.45) is 2.94. The van der Waals surface area contributed by atoms with Gasteiger partial charge in [0.15, 0.2) is 5.96 Å². The lowest BCUT2D eigenvalue weighted by Crippen LogP contribution is -2.39. The third kappa shape index (κ3) is 7.33. The van der Waals surface area contributed by atoms with Gasteiger partial charge in [-0.3, -0.25) is 4.99 Å². The highest BCUT2D eigenvalue weighted by Gasteiger charge is 2.24. The van der Waals surface area contributed by atoms with E-state index in [1.165, 1.54) is 0 Å². The minimum absolute atomic E-state index is 0. The molecule has 2 rings (SSSR count). The highest BCUT2D eigenvalue weighted by atomic mass is 127. The highest BCUT2D eigenvalue weighted by molar-refractivity contribution is 14.0. The first kappa shape index (κ1) is 21.9. The molecule has 0 bridgehead atoms. The van der Waals surface area contributed by atoms with Gasteiger partial charge in [-0.15, -0.1) is 24.0 Å². The first-order valence-electron chi connectivity index (χ1n) is 8.28. The number of aliphatic imine (C=N–C) groups is 1. The summed E-state index contributed by atoms with van der Waals surface area (Å²) in [5, 5.41) is 3.40. The van der Waals surface area contributed by atoms with Crippen molar-refractivity contribution in [3.05, 3.63) is 23.9 Å². The maximum Gasteiger partial charge on any atom is 0.212 e. The first-order chi connectivity index (χ1) is 11.8. The zero-order valence-electron chi connectivity index (χ0n) is 15.2. The van der Waals surface area contributed by atoms with E-state index in [1.54, 1.807) is 14.2 Å². The van der Waals surface area contributed by atoms with E-state index in [9.17, 15) is 0 Å². The topological polar surface area (TPSA) is 68.2 Å². The minimum Gasteiger partial charge on any atom is -0.481 e. The molecule has 142 valence electrons. The van der Waals surface area contributed by atoms with Crippen LogP contribution >= 0.6 is 24.0 Å². The van der Waals surface area contributed by atoms with E-state index in [1.807, 2.05) is 25.4 Å². The number of ether oxygens (including phenoxy) is 3. The molecule has 1 aromatic heterocycles. The number of methoxy groups -OCH3 is 2. The SMILES string of the molecule is CN=C(NCc1ccc(OC)nc1)N1CCC(COCCOC)C1.I. The fourth-order valence-corrected chi connectivity index (χ4v) is 2.70. The molecule has 0 radical (unpaired) electrons. The lowest BCUT2D eigenvalue weighted by atomic mass is 10.1. The second kappa shape index (κ2) is 12.3. The van der Waals surface area contributed by atoms with Crippen LogP contribution in [0, 0.1) is 5.92 Å². The predicted molar refractivity (Wildman–Crippen MR) is 109 cm³/mol. The van der Waals surface area contributed by atoms with Crippen LogP contribution < -0.4 is 10.1 Å². The Morgan fingerprint density at radius 3 is 2.84 bits per heavy atom. The Hall–Kier alpha value is -1.13. The molecule has 1 aromatic rings. The molecule has 1 saturated heterocycles. The first-order valence-corrected chi connectivity index (χ1v) is 8.28. The Balaban J connectivity index is 0.00000312. The third-order valence-electron chi connectivity index (χ3n) is 4.04. The second-order valence-corrected chi connectivity index (χ2v) is 5.78. The van der Waals surface area contributed by atoms with Crippen LogP contribution in [0.1, 0.15) is 12.0 Å². The number of halogens is 1. The highest BCUT2D eigenvalue weighted by Crippen LogP contribution is 2.16. The summed E-state index contributed by atoms with van der Waals surface area (Å²) in [4.78, 5) is 10.9. The van der Waals surface area contributed by atoms with Crippen molar-refractivity contribution in [2.75, 3.05) is 54.2 Å². The summed E-state index contributed by atoms with van der Waals surface area (Å²) >= 11 is 0. The maximum absolute atomic E-state index is 5.64. The van der Waals surface area contributed by atoms with Crippen LogP contribution in [0.15, 0.2) is 23.3 Å². The molecule has 8 heteroatoms. The van der Waals surface area contributed by atoms with Crippen LogP contribution in [0.3, 0.4) is 0 Å². The number of guanidine groups is 1. The molecule has 0 amide bonds. The van der Waals surface area contributed by atoms with Crippen LogP contribution in [-0.2, 0) is 16.0 Å². The van der Waals surface area contributed by atoms with Gasteiger partial charge in [0.1, 0.15) is 0 Å². The van der Waals surface area contributed by atoms with Crippen LogP contribution in [0.2, 0.25) is 0 Å². The van der Waals surface area contributed by atoms with E-state index in [2.05, 4.69) is 20.2 Å². The lowest BCUT2D eigenvalue weighted by Gasteiger charge is -2.21. The monoisotopic (exact) mass is 464 g/mol. The van der Waals surface area contributed by atoms with Crippen LogP contribution in [0.5, 0.6) is 5.88 Å². The second-order valence-electron chi connectivity index (χ2n) is 5.78. The van der Waals surface area contributed by atoms with Gasteiger partial charge in [0.2, 0.25) is 5.88 Å². The van der Waals surface area contributed by atoms with Crippen molar-refractivity contribution in [1.82, 2.24) is 15.2 Å². The van der Waals surface area contributed by atoms with Crippen molar-refractivity contribution in [3.63, 3.8) is 0 Å². The molecule has 25 heavy (non-hydrogen) atoms. The summed E-state index contributed by atoms with van der Waals surface area (Å²) in [5.41, 5.74) is 1.09. The van der Waals surface area contributed by atoms with Crippen molar-refractivity contribution in [2.24, 2.45) is 10.9 Å². The number of pyridine rings is 1. The number of hydrogen-bond acceptors (Lipinski definition) is 5. The molecule has 1 atom stereocenters. The molecular formula is C17H29IN4O3. The standard InChI is InChI=1S/C17H28N4O3.HI/c1-18-17(20-11-14-4-5-16(23-3)19-10-14)21-7-6-15(12-21)13-24-9-8-22-2;/h4-5,10,15H,6-9,11-13H2,1-3H3,(H,18,20);1H. The maximum atomic E-state index is 5.64. The van der Waals surface area contributed by atoms with Gasteiger partial charge in [0, 0.05) is 52.0 Å². The number of rotatable bonds is 8. The molecule has 1 fully saturated rings. The molecule has 1 unspecified atom stereocenters. The smallest absolute Gasteiger partial charge is 0.212 e. The van der Waals surface area contributed by atoms with Gasteiger partial charge < -0.3 is 24.4 Å². The minimum atomic E-state index is 0. The average Bonchev–Trinajstić information content (AvgIpc) is 3.08. The Labute approximate surface area is 167 Å². The summed E-state index contributed by atoms with van der Waals surface area (Å²) in [5.74, 6) is 2.09. The Kier molecular flexibility index (Phi) is 10.7. The van der Waals surface area contributed by atoms with E-state index < -0.39 is 0 Å². The molecule has 0 saturated carbocycles. The molecule has 1 aliphatic rings. The van der Waals surface area contributed by atoms with Crippen LogP contribution in [0.4, 0.5) is 0 Å². The molecule has 1 aliphatic heterocycles. The van der Waals surface area contributed by atoms with E-state index >= 15 is 0 Å². The van der Waals surface area contributed by atoms with E-state index in [4.69, 9.17) is 14.2 Å². The quantitative estimate of drug-likeness (QED) is 0.274. The Morgan fingerprint density at radius 2 is 2.20 bits per heavy atom. The molecular weight excluding hydrogens is 435 g/mol. The van der Waals surface area contributed by atoms with Gasteiger partial charge in [-0.25, -0.2) is 4.98 Å². The van der Waals surface area contributed by atoms with E-state index in [0.29, 0.717) is 31.6 Å². The fourth-order valence-electron chi connectivity index (χ4n) is 2.70. The van der Waals surface area contributed by atoms with Gasteiger partial charge in [-0.05, 0) is 12.0 Å². The summed E-state index contributed by atoms with van der Waals surface area (Å²) in [6.45, 7) is 4.74. The van der Waals surface area contributed by atoms with Gasteiger partial charge in [0.25, 0.3) is 0 Å². The Morgan fingerprint density at radius 1 is 1.36 bits per heavy atom. The van der Waals surface area contributed by atoms with Gasteiger partial charge in [0.05, 0.1) is 26.9 Å². The van der Waals surface area contributed by atoms with Crippen molar-refractivity contribution >= 4 is 29.9 Å². The van der Waals surface area contributed by atoms with Crippen molar-refractivity contribution in [2.45, 2.75) is 13.0 Å². The van der Waals surface area contributed by atoms with Crippen LogP contribution in [-0.4, -0.2) is 70.0 Å². The summed E-state index contributed by atoms with van der Waals surface area (Å²) in [6, 6.07) is 3.87. The fraction of sp³-hybridized carbons (Fsp3) is 0.647. The molecule has 1 N–H and O–H groups in total. The zero-order valence-corrected chi connectivity index (χ0v) is 17.6. The van der Waals surface area contributed by atoms with Gasteiger partial charge in [-0.1, -0.05) is 6.07 Å².